The van der Waals surface area contributed by atoms with E-state index in [0.29, 0.717) is 0 Å². The van der Waals surface area contributed by atoms with Crippen molar-refractivity contribution >= 4 is 29.7 Å². The van der Waals surface area contributed by atoms with Crippen LogP contribution in [0, 0.1) is 0 Å². The van der Waals surface area contributed by atoms with Crippen molar-refractivity contribution in [3.05, 3.63) is 0 Å². The first kappa shape index (κ1) is 11.7. The van der Waals surface area contributed by atoms with Crippen LogP contribution in [0.4, 0.5) is 13.2 Å². The lowest BCUT2D eigenvalue weighted by Gasteiger charge is -2.14. The number of halogens is 3. The molecule has 0 aromatic rings. The second kappa shape index (κ2) is 4.09. The summed E-state index contributed by atoms with van der Waals surface area (Å²) in [5.41, 5.74) is -2.96. The largest absolute Gasteiger partial charge is 0.412 e. The van der Waals surface area contributed by atoms with Gasteiger partial charge in [-0.2, -0.15) is 13.2 Å². The van der Waals surface area contributed by atoms with E-state index in [1.807, 2.05) is 0 Å². The lowest BCUT2D eigenvalue weighted by molar-refractivity contribution is -0.153. The molecule has 0 saturated carbocycles. The molecule has 0 heterocycles. The number of rotatable bonds is 3. The van der Waals surface area contributed by atoms with Gasteiger partial charge in [0.2, 0.25) is 5.69 Å². The predicted octanol–water partition coefficient (Wildman–Crippen LogP) is 2.37. The third-order valence-electron chi connectivity index (χ3n) is 0.622. The van der Waals surface area contributed by atoms with Gasteiger partial charge >= 0.3 is 6.18 Å². The minimum Gasteiger partial charge on any atom is -0.325 e. The first-order valence-corrected chi connectivity index (χ1v) is 6.16. The van der Waals surface area contributed by atoms with Crippen molar-refractivity contribution in [3.63, 3.8) is 0 Å². The Balaban J connectivity index is 3.80. The van der Waals surface area contributed by atoms with Gasteiger partial charge in [0, 0.05) is 7.11 Å². The van der Waals surface area contributed by atoms with Crippen LogP contribution in [0.15, 0.2) is 0 Å². The topological polar surface area (TPSA) is 18.5 Å². The van der Waals surface area contributed by atoms with E-state index in [1.54, 1.807) is 0 Å². The summed E-state index contributed by atoms with van der Waals surface area (Å²) in [6, 6.07) is 0. The lowest BCUT2D eigenvalue weighted by atomic mass is 10.7. The van der Waals surface area contributed by atoms with Gasteiger partial charge in [-0.3, -0.25) is 0 Å². The number of thiol groups is 1. The summed E-state index contributed by atoms with van der Waals surface area (Å²) in [5, 5.41) is 0. The van der Waals surface area contributed by atoms with Crippen molar-refractivity contribution in [2.45, 2.75) is 6.18 Å². The maximum Gasteiger partial charge on any atom is 0.412 e. The Morgan fingerprint density at radius 2 is 2.00 bits per heavy atom. The van der Waals surface area contributed by atoms with E-state index in [1.165, 1.54) is 0 Å². The molecule has 0 N–H and O–H groups in total. The molecular formula is C3H6F3O2PS2. The van der Waals surface area contributed by atoms with Gasteiger partial charge in [-0.25, -0.2) is 0 Å². The van der Waals surface area contributed by atoms with E-state index in [4.69, 9.17) is 0 Å². The SMILES string of the molecule is COP(=S)(S)OCC(F)(F)F. The van der Waals surface area contributed by atoms with Gasteiger partial charge in [-0.05, 0) is 11.8 Å². The van der Waals surface area contributed by atoms with E-state index in [2.05, 4.69) is 33.1 Å². The van der Waals surface area contributed by atoms with E-state index >= 15 is 0 Å². The molecule has 1 unspecified atom stereocenters. The first-order valence-electron chi connectivity index (χ1n) is 2.37. The van der Waals surface area contributed by atoms with Gasteiger partial charge in [0.05, 0.1) is 0 Å². The maximum atomic E-state index is 11.5. The molecule has 0 aliphatic rings. The lowest BCUT2D eigenvalue weighted by Crippen LogP contribution is -2.15. The summed E-state index contributed by atoms with van der Waals surface area (Å²) in [4.78, 5) is 0. The van der Waals surface area contributed by atoms with Crippen LogP contribution in [0.3, 0.4) is 0 Å². The Bertz CT molecular complexity index is 170. The average Bonchev–Trinajstić information content (AvgIpc) is 1.83. The monoisotopic (exact) mass is 226 g/mol. The summed E-state index contributed by atoms with van der Waals surface area (Å²) in [6.07, 6.45) is -4.38. The third-order valence-corrected chi connectivity index (χ3v) is 3.14. The fourth-order valence-electron chi connectivity index (χ4n) is 0.207. The highest BCUT2D eigenvalue weighted by Crippen LogP contribution is 2.53. The minimum atomic E-state index is -4.38. The summed E-state index contributed by atoms with van der Waals surface area (Å²) in [6.45, 7) is -1.42. The third kappa shape index (κ3) is 7.08. The van der Waals surface area contributed by atoms with Gasteiger partial charge in [-0.1, -0.05) is 12.2 Å². The summed E-state index contributed by atoms with van der Waals surface area (Å²) >= 11 is 8.02. The summed E-state index contributed by atoms with van der Waals surface area (Å²) in [7, 11) is 1.16. The molecule has 0 radical (unpaired) electrons. The smallest absolute Gasteiger partial charge is 0.325 e. The Kier molecular flexibility index (Phi) is 4.36. The van der Waals surface area contributed by atoms with Crippen LogP contribution in [0.25, 0.3) is 0 Å². The highest BCUT2D eigenvalue weighted by Gasteiger charge is 2.30. The molecule has 0 bridgehead atoms. The van der Waals surface area contributed by atoms with E-state index < -0.39 is 18.5 Å². The van der Waals surface area contributed by atoms with Crippen LogP contribution in [-0.4, -0.2) is 19.9 Å². The molecule has 8 heteroatoms. The Morgan fingerprint density at radius 1 is 1.55 bits per heavy atom. The fraction of sp³-hybridized carbons (Fsp3) is 1.00. The molecule has 0 fully saturated rings. The maximum absolute atomic E-state index is 11.5. The second-order valence-electron chi connectivity index (χ2n) is 1.54. The molecule has 2 nitrogen and oxygen atoms in total. The van der Waals surface area contributed by atoms with Gasteiger partial charge < -0.3 is 9.05 Å². The quantitative estimate of drug-likeness (QED) is 0.588. The average molecular weight is 226 g/mol. The van der Waals surface area contributed by atoms with Crippen molar-refractivity contribution < 1.29 is 22.2 Å². The van der Waals surface area contributed by atoms with E-state index in [9.17, 15) is 13.2 Å². The molecule has 0 aromatic heterocycles. The van der Waals surface area contributed by atoms with Gasteiger partial charge in [0.25, 0.3) is 0 Å². The van der Waals surface area contributed by atoms with E-state index in [0.717, 1.165) is 7.11 Å². The van der Waals surface area contributed by atoms with Gasteiger partial charge in [-0.15, -0.1) is 0 Å². The van der Waals surface area contributed by atoms with E-state index in [-0.39, 0.29) is 0 Å². The molecule has 0 aliphatic carbocycles. The minimum absolute atomic E-state index is 1.16. The highest BCUT2D eigenvalue weighted by molar-refractivity contribution is 8.60. The van der Waals surface area contributed by atoms with Crippen LogP contribution in [0.5, 0.6) is 0 Å². The molecule has 68 valence electrons. The Morgan fingerprint density at radius 3 is 2.27 bits per heavy atom. The molecule has 0 rings (SSSR count). The van der Waals surface area contributed by atoms with Crippen molar-refractivity contribution in [1.29, 1.82) is 0 Å². The van der Waals surface area contributed by atoms with Crippen molar-refractivity contribution in [2.75, 3.05) is 13.7 Å². The Hall–Kier alpha value is 0.710. The molecule has 0 saturated heterocycles. The van der Waals surface area contributed by atoms with Crippen LogP contribution in [-0.2, 0) is 20.9 Å². The number of hydrogen-bond acceptors (Lipinski definition) is 3. The normalized spacial score (nSPS) is 17.9. The molecule has 0 aromatic carbocycles. The van der Waals surface area contributed by atoms with Crippen LogP contribution in [0.1, 0.15) is 0 Å². The van der Waals surface area contributed by atoms with Gasteiger partial charge in [0.15, 0.2) is 6.61 Å². The first-order chi connectivity index (χ1) is 4.77. The van der Waals surface area contributed by atoms with Crippen LogP contribution < -0.4 is 0 Å². The molecule has 1 atom stereocenters. The molecule has 0 amide bonds. The fourth-order valence-corrected chi connectivity index (χ4v) is 0.954. The molecule has 11 heavy (non-hydrogen) atoms. The van der Waals surface area contributed by atoms with Gasteiger partial charge in [0.1, 0.15) is 0 Å². The molecule has 0 spiro atoms. The highest BCUT2D eigenvalue weighted by atomic mass is 32.9. The van der Waals surface area contributed by atoms with Crippen LogP contribution in [0.2, 0.25) is 0 Å². The Labute approximate surface area is 72.4 Å². The van der Waals surface area contributed by atoms with Crippen molar-refractivity contribution in [3.8, 4) is 0 Å². The predicted molar refractivity (Wildman–Crippen MR) is 42.3 cm³/mol. The zero-order chi connectivity index (χ0) is 9.12. The van der Waals surface area contributed by atoms with Crippen LogP contribution >= 0.6 is 17.9 Å². The zero-order valence-electron chi connectivity index (χ0n) is 5.46. The zero-order valence-corrected chi connectivity index (χ0v) is 8.07. The standard InChI is InChI=1S/C3H6F3O2PS2/c1-7-9(10,11)8-2-3(4,5)6/h2H2,1H3,(H,10,11). The van der Waals surface area contributed by atoms with Crippen molar-refractivity contribution in [2.24, 2.45) is 0 Å². The molecular weight excluding hydrogens is 220 g/mol. The summed E-state index contributed by atoms with van der Waals surface area (Å²) in [5.74, 6) is 0. The molecule has 0 aliphatic heterocycles. The number of hydrogen-bond donors (Lipinski definition) is 1. The van der Waals surface area contributed by atoms with Crippen molar-refractivity contribution in [1.82, 2.24) is 0 Å². The summed E-state index contributed by atoms with van der Waals surface area (Å²) < 4.78 is 43.0. The number of alkyl halides is 3. The second-order valence-corrected chi connectivity index (χ2v) is 6.93.